The lowest BCUT2D eigenvalue weighted by Gasteiger charge is -2.36. The first kappa shape index (κ1) is 26.7. The largest absolute Gasteiger partial charge is 0.395 e. The second kappa shape index (κ2) is 11.7. The fourth-order valence-corrected chi connectivity index (χ4v) is 2.89. The zero-order valence-electron chi connectivity index (χ0n) is 15.8. The third kappa shape index (κ3) is 8.31. The van der Waals surface area contributed by atoms with Gasteiger partial charge in [0, 0.05) is 0 Å². The van der Waals surface area contributed by atoms with Crippen LogP contribution in [0.15, 0.2) is 18.2 Å². The number of benzene rings is 1. The molecular weight excluding hydrogens is 398 g/mol. The molecule has 1 atom stereocenters. The molecule has 0 saturated carbocycles. The Morgan fingerprint density at radius 2 is 1.37 bits per heavy atom. The minimum atomic E-state index is -2.61. The van der Waals surface area contributed by atoms with Crippen molar-refractivity contribution < 1.29 is 44.3 Å². The highest BCUT2D eigenvalue weighted by molar-refractivity contribution is 7.53. The zero-order valence-corrected chi connectivity index (χ0v) is 17.6. The molecule has 11 heteroatoms. The summed E-state index contributed by atoms with van der Waals surface area (Å²) in [6.07, 6.45) is -1.13. The van der Waals surface area contributed by atoms with Gasteiger partial charge in [-0.3, -0.25) is 0 Å². The first-order valence-electron chi connectivity index (χ1n) is 8.00. The van der Waals surface area contributed by atoms with Crippen molar-refractivity contribution in [2.45, 2.75) is 39.2 Å². The summed E-state index contributed by atoms with van der Waals surface area (Å²) in [5, 5.41) is 39.0. The van der Waals surface area contributed by atoms with Crippen molar-refractivity contribution in [1.82, 2.24) is 0 Å². The van der Waals surface area contributed by atoms with E-state index >= 15 is 0 Å². The Hall–Kier alpha value is -0.280. The van der Waals surface area contributed by atoms with E-state index in [4.69, 9.17) is 19.6 Å². The molecule has 158 valence electrons. The molecular formula is C16H30O9P2. The molecule has 0 aliphatic carbocycles. The van der Waals surface area contributed by atoms with Crippen molar-refractivity contribution in [3.05, 3.63) is 34.9 Å². The van der Waals surface area contributed by atoms with E-state index in [2.05, 4.69) is 4.31 Å². The summed E-state index contributed by atoms with van der Waals surface area (Å²) >= 11 is 0. The van der Waals surface area contributed by atoms with Gasteiger partial charge >= 0.3 is 17.2 Å². The van der Waals surface area contributed by atoms with Crippen molar-refractivity contribution in [3.63, 3.8) is 0 Å². The average molecular weight is 428 g/mol. The first-order chi connectivity index (χ1) is 12.3. The molecule has 9 nitrogen and oxygen atoms in total. The third-order valence-electron chi connectivity index (χ3n) is 3.98. The number of aliphatic hydroxyl groups is 4. The predicted molar refractivity (Wildman–Crippen MR) is 102 cm³/mol. The minimum absolute atomic E-state index is 0.186. The Morgan fingerprint density at radius 1 is 0.926 bits per heavy atom. The summed E-state index contributed by atoms with van der Waals surface area (Å²) in [4.78, 5) is 31.3. The van der Waals surface area contributed by atoms with E-state index in [1.165, 1.54) is 0 Å². The molecule has 1 aromatic carbocycles. The lowest BCUT2D eigenvalue weighted by atomic mass is 9.74. The molecule has 0 heterocycles. The second-order valence-corrected chi connectivity index (χ2v) is 8.83. The molecule has 0 aliphatic heterocycles. The maximum atomic E-state index is 10.6. The van der Waals surface area contributed by atoms with E-state index in [-0.39, 0.29) is 5.41 Å². The number of hydrogen-bond acceptors (Lipinski definition) is 9. The van der Waals surface area contributed by atoms with E-state index in [1.807, 2.05) is 39.8 Å². The van der Waals surface area contributed by atoms with Gasteiger partial charge in [-0.1, -0.05) is 44.5 Å². The fourth-order valence-electron chi connectivity index (χ4n) is 2.36. The smallest absolute Gasteiger partial charge is 0.334 e. The quantitative estimate of drug-likeness (QED) is 0.291. The van der Waals surface area contributed by atoms with Crippen LogP contribution in [-0.2, 0) is 9.73 Å². The second-order valence-electron chi connectivity index (χ2n) is 7.17. The lowest BCUT2D eigenvalue weighted by Crippen LogP contribution is -2.41. The standard InChI is InChI=1S/C16H26O4.H4O5P2/c1-11-5-6-12(13(7-11)15(2,3)4)14(20)16(8-17,9-18)10-19;1-6(2)5-7(3)4/h5-7,14,17-20H,8-10H2,1-4H3;1-4H. The zero-order chi connectivity index (χ0) is 21.4. The molecule has 27 heavy (non-hydrogen) atoms. The van der Waals surface area contributed by atoms with Crippen LogP contribution in [0.25, 0.3) is 0 Å². The molecule has 1 rings (SSSR count). The van der Waals surface area contributed by atoms with Gasteiger partial charge in [-0.05, 0) is 23.5 Å². The SMILES string of the molecule is Cc1ccc(C(O)C(CO)(CO)CO)c(C(C)(C)C)c1.OP(O)OP(O)O. The van der Waals surface area contributed by atoms with E-state index in [0.29, 0.717) is 5.56 Å². The van der Waals surface area contributed by atoms with Crippen molar-refractivity contribution >= 4 is 17.2 Å². The van der Waals surface area contributed by atoms with Crippen LogP contribution in [0.5, 0.6) is 0 Å². The van der Waals surface area contributed by atoms with Crippen LogP contribution < -0.4 is 0 Å². The first-order valence-corrected chi connectivity index (χ1v) is 10.3. The van der Waals surface area contributed by atoms with Gasteiger partial charge in [0.25, 0.3) is 0 Å². The van der Waals surface area contributed by atoms with Gasteiger partial charge in [0.15, 0.2) is 0 Å². The highest BCUT2D eigenvalue weighted by Crippen LogP contribution is 2.42. The van der Waals surface area contributed by atoms with Crippen molar-refractivity contribution in [2.24, 2.45) is 5.41 Å². The van der Waals surface area contributed by atoms with Gasteiger partial charge in [-0.15, -0.1) is 0 Å². The van der Waals surface area contributed by atoms with Crippen LogP contribution >= 0.6 is 17.2 Å². The fraction of sp³-hybridized carbons (Fsp3) is 0.625. The number of hydrogen-bond donors (Lipinski definition) is 8. The summed E-state index contributed by atoms with van der Waals surface area (Å²) in [5.74, 6) is 0. The van der Waals surface area contributed by atoms with Crippen LogP contribution in [0.1, 0.15) is 43.6 Å². The topological polar surface area (TPSA) is 171 Å². The van der Waals surface area contributed by atoms with Crippen molar-refractivity contribution in [3.8, 4) is 0 Å². The molecule has 1 unspecified atom stereocenters. The van der Waals surface area contributed by atoms with Gasteiger partial charge in [0.2, 0.25) is 0 Å². The highest BCUT2D eigenvalue weighted by Gasteiger charge is 2.39. The number of aliphatic hydroxyl groups excluding tert-OH is 4. The predicted octanol–water partition coefficient (Wildman–Crippen LogP) is 0.715. The summed E-state index contributed by atoms with van der Waals surface area (Å²) in [5.41, 5.74) is 1.14. The maximum absolute atomic E-state index is 10.6. The van der Waals surface area contributed by atoms with Gasteiger partial charge < -0.3 is 40.0 Å². The third-order valence-corrected chi connectivity index (χ3v) is 5.15. The average Bonchev–Trinajstić information content (AvgIpc) is 2.55. The monoisotopic (exact) mass is 428 g/mol. The normalized spacial score (nSPS) is 13.6. The van der Waals surface area contributed by atoms with Crippen LogP contribution in [0, 0.1) is 12.3 Å². The minimum Gasteiger partial charge on any atom is -0.395 e. The molecule has 0 saturated heterocycles. The Bertz CT molecular complexity index is 543. The van der Waals surface area contributed by atoms with Gasteiger partial charge in [-0.25, -0.2) is 4.31 Å². The highest BCUT2D eigenvalue weighted by atomic mass is 31.2. The van der Waals surface area contributed by atoms with Crippen molar-refractivity contribution in [2.75, 3.05) is 19.8 Å². The Labute approximate surface area is 161 Å². The van der Waals surface area contributed by atoms with Crippen LogP contribution in [-0.4, -0.2) is 59.8 Å². The Kier molecular flexibility index (Phi) is 11.5. The summed E-state index contributed by atoms with van der Waals surface area (Å²) in [7, 11) is -5.22. The molecule has 0 radical (unpaired) electrons. The Morgan fingerprint density at radius 3 is 1.67 bits per heavy atom. The summed E-state index contributed by atoms with van der Waals surface area (Å²) < 4.78 is 3.60. The van der Waals surface area contributed by atoms with Gasteiger partial charge in [0.1, 0.15) is 0 Å². The van der Waals surface area contributed by atoms with Crippen LogP contribution in [0.4, 0.5) is 0 Å². The lowest BCUT2D eigenvalue weighted by molar-refractivity contribution is -0.0857. The van der Waals surface area contributed by atoms with Crippen molar-refractivity contribution in [1.29, 1.82) is 0 Å². The Balaban J connectivity index is 0.000000821. The van der Waals surface area contributed by atoms with E-state index in [0.717, 1.165) is 11.1 Å². The maximum Gasteiger partial charge on any atom is 0.334 e. The molecule has 0 amide bonds. The molecule has 1 aromatic rings. The van der Waals surface area contributed by atoms with E-state index in [1.54, 1.807) is 6.07 Å². The van der Waals surface area contributed by atoms with Crippen LogP contribution in [0.3, 0.4) is 0 Å². The summed E-state index contributed by atoms with van der Waals surface area (Å²) in [6, 6.07) is 5.68. The van der Waals surface area contributed by atoms with Crippen LogP contribution in [0.2, 0.25) is 0 Å². The van der Waals surface area contributed by atoms with Gasteiger partial charge in [0.05, 0.1) is 31.3 Å². The molecule has 0 spiro atoms. The molecule has 0 aliphatic rings. The molecule has 0 bridgehead atoms. The number of rotatable bonds is 7. The van der Waals surface area contributed by atoms with Gasteiger partial charge in [-0.2, -0.15) is 0 Å². The van der Waals surface area contributed by atoms with E-state index < -0.39 is 48.5 Å². The summed E-state index contributed by atoms with van der Waals surface area (Å²) in [6.45, 7) is 6.63. The van der Waals surface area contributed by atoms with E-state index in [9.17, 15) is 20.4 Å². The molecule has 8 N–H and O–H groups in total. The molecule has 0 fully saturated rings. The molecule has 0 aromatic heterocycles. The number of aryl methyl sites for hydroxylation is 1.